The summed E-state index contributed by atoms with van der Waals surface area (Å²) in [6.45, 7) is 4.89. The van der Waals surface area contributed by atoms with E-state index in [1.165, 1.54) is 70.3 Å². The first-order chi connectivity index (χ1) is 10.4. The Kier molecular flexibility index (Phi) is 5.64. The van der Waals surface area contributed by atoms with Gasteiger partial charge in [-0.25, -0.2) is 0 Å². The van der Waals surface area contributed by atoms with Crippen molar-refractivity contribution in [2.45, 2.75) is 51.0 Å². The normalized spacial score (nSPS) is 25.6. The van der Waals surface area contributed by atoms with Crippen molar-refractivity contribution < 1.29 is 0 Å². The molecule has 0 aromatic carbocycles. The van der Waals surface area contributed by atoms with Gasteiger partial charge in [-0.2, -0.15) is 0 Å². The van der Waals surface area contributed by atoms with Crippen LogP contribution < -0.4 is 5.32 Å². The van der Waals surface area contributed by atoms with Crippen LogP contribution >= 0.6 is 0 Å². The van der Waals surface area contributed by atoms with Gasteiger partial charge < -0.3 is 10.2 Å². The maximum Gasteiger partial charge on any atom is 0.0270 e. The lowest BCUT2D eigenvalue weighted by Crippen LogP contribution is -2.44. The third kappa shape index (κ3) is 4.52. The second-order valence-corrected chi connectivity index (χ2v) is 6.72. The molecular formula is C18H29N3. The van der Waals surface area contributed by atoms with Crippen molar-refractivity contribution in [2.75, 3.05) is 26.2 Å². The standard InChI is InChI=1S/C18H29N3/c1-2-5-17(6-3-1)18-15-21(13-4-10-20-18)14-9-16-7-11-19-12-8-16/h7-8,11-12,17-18,20H,1-6,9-10,13-15H2. The molecule has 0 spiro atoms. The number of hydrogen-bond acceptors (Lipinski definition) is 3. The minimum atomic E-state index is 0.727. The molecule has 1 saturated heterocycles. The fraction of sp³-hybridized carbons (Fsp3) is 0.722. The molecule has 2 fully saturated rings. The van der Waals surface area contributed by atoms with Gasteiger partial charge in [-0.15, -0.1) is 0 Å². The molecule has 1 unspecified atom stereocenters. The predicted molar refractivity (Wildman–Crippen MR) is 87.4 cm³/mol. The molecule has 0 amide bonds. The monoisotopic (exact) mass is 287 g/mol. The maximum absolute atomic E-state index is 4.10. The molecule has 2 heterocycles. The Morgan fingerprint density at radius 2 is 1.90 bits per heavy atom. The zero-order valence-electron chi connectivity index (χ0n) is 13.1. The van der Waals surface area contributed by atoms with Gasteiger partial charge in [-0.05, 0) is 62.4 Å². The van der Waals surface area contributed by atoms with Gasteiger partial charge in [0.15, 0.2) is 0 Å². The van der Waals surface area contributed by atoms with Gasteiger partial charge >= 0.3 is 0 Å². The summed E-state index contributed by atoms with van der Waals surface area (Å²) in [7, 11) is 0. The molecule has 2 aliphatic rings. The van der Waals surface area contributed by atoms with E-state index >= 15 is 0 Å². The summed E-state index contributed by atoms with van der Waals surface area (Å²) in [5.41, 5.74) is 1.41. The summed E-state index contributed by atoms with van der Waals surface area (Å²) in [6, 6.07) is 5.02. The van der Waals surface area contributed by atoms with Crippen LogP contribution in [-0.2, 0) is 6.42 Å². The fourth-order valence-electron chi connectivity index (χ4n) is 3.92. The molecular weight excluding hydrogens is 258 g/mol. The molecule has 3 nitrogen and oxygen atoms in total. The summed E-state index contributed by atoms with van der Waals surface area (Å²) in [5.74, 6) is 0.917. The molecule has 21 heavy (non-hydrogen) atoms. The average molecular weight is 287 g/mol. The minimum Gasteiger partial charge on any atom is -0.312 e. The highest BCUT2D eigenvalue weighted by atomic mass is 15.2. The minimum absolute atomic E-state index is 0.727. The Bertz CT molecular complexity index is 400. The van der Waals surface area contributed by atoms with Gasteiger partial charge in [0.2, 0.25) is 0 Å². The van der Waals surface area contributed by atoms with E-state index in [-0.39, 0.29) is 0 Å². The van der Waals surface area contributed by atoms with E-state index in [0.717, 1.165) is 18.4 Å². The van der Waals surface area contributed by atoms with Gasteiger partial charge in [-0.3, -0.25) is 4.98 Å². The lowest BCUT2D eigenvalue weighted by Gasteiger charge is -2.33. The molecule has 1 aromatic heterocycles. The molecule has 1 atom stereocenters. The molecule has 116 valence electrons. The first-order valence-corrected chi connectivity index (χ1v) is 8.76. The van der Waals surface area contributed by atoms with Crippen molar-refractivity contribution in [1.29, 1.82) is 0 Å². The van der Waals surface area contributed by atoms with Crippen LogP contribution in [-0.4, -0.2) is 42.1 Å². The van der Waals surface area contributed by atoms with Crippen molar-refractivity contribution >= 4 is 0 Å². The summed E-state index contributed by atoms with van der Waals surface area (Å²) >= 11 is 0. The van der Waals surface area contributed by atoms with Crippen LogP contribution in [0.1, 0.15) is 44.1 Å². The van der Waals surface area contributed by atoms with Gasteiger partial charge in [0.05, 0.1) is 0 Å². The Morgan fingerprint density at radius 3 is 2.71 bits per heavy atom. The van der Waals surface area contributed by atoms with Crippen LogP contribution in [0, 0.1) is 5.92 Å². The predicted octanol–water partition coefficient (Wildman–Crippen LogP) is 2.87. The zero-order valence-corrected chi connectivity index (χ0v) is 13.1. The molecule has 3 heteroatoms. The van der Waals surface area contributed by atoms with Crippen LogP contribution in [0.3, 0.4) is 0 Å². The topological polar surface area (TPSA) is 28.2 Å². The van der Waals surface area contributed by atoms with Crippen LogP contribution in [0.5, 0.6) is 0 Å². The molecule has 0 radical (unpaired) electrons. The summed E-state index contributed by atoms with van der Waals surface area (Å²) in [5, 5.41) is 3.83. The van der Waals surface area contributed by atoms with E-state index < -0.39 is 0 Å². The second kappa shape index (κ2) is 7.90. The third-order valence-electron chi connectivity index (χ3n) is 5.20. The maximum atomic E-state index is 4.10. The van der Waals surface area contributed by atoms with Gasteiger partial charge in [0, 0.05) is 31.5 Å². The fourth-order valence-corrected chi connectivity index (χ4v) is 3.92. The number of rotatable bonds is 4. The lowest BCUT2D eigenvalue weighted by molar-refractivity contribution is 0.207. The molecule has 1 aromatic rings. The lowest BCUT2D eigenvalue weighted by atomic mass is 9.83. The first-order valence-electron chi connectivity index (χ1n) is 8.76. The number of hydrogen-bond donors (Lipinski definition) is 1. The first kappa shape index (κ1) is 15.0. The van der Waals surface area contributed by atoms with Gasteiger partial charge in [0.1, 0.15) is 0 Å². The van der Waals surface area contributed by atoms with E-state index in [1.54, 1.807) is 0 Å². The highest BCUT2D eigenvalue weighted by Crippen LogP contribution is 2.27. The van der Waals surface area contributed by atoms with E-state index in [4.69, 9.17) is 0 Å². The Balaban J connectivity index is 1.52. The SMILES string of the molecule is c1cc(CCN2CCCNC(C3CCCCC3)C2)ccn1. The summed E-state index contributed by atoms with van der Waals surface area (Å²) in [4.78, 5) is 6.79. The Morgan fingerprint density at radius 1 is 1.10 bits per heavy atom. The molecule has 0 bridgehead atoms. The van der Waals surface area contributed by atoms with Crippen molar-refractivity contribution in [3.05, 3.63) is 30.1 Å². The molecule has 1 saturated carbocycles. The highest BCUT2D eigenvalue weighted by molar-refractivity contribution is 5.10. The van der Waals surface area contributed by atoms with Crippen LogP contribution in [0.15, 0.2) is 24.5 Å². The average Bonchev–Trinajstić information content (AvgIpc) is 2.80. The van der Waals surface area contributed by atoms with E-state index in [0.29, 0.717) is 0 Å². The quantitative estimate of drug-likeness (QED) is 0.923. The smallest absolute Gasteiger partial charge is 0.0270 e. The molecule has 1 aliphatic heterocycles. The second-order valence-electron chi connectivity index (χ2n) is 6.72. The number of pyridine rings is 1. The van der Waals surface area contributed by atoms with Crippen molar-refractivity contribution in [3.63, 3.8) is 0 Å². The molecule has 3 rings (SSSR count). The van der Waals surface area contributed by atoms with Crippen LogP contribution in [0.25, 0.3) is 0 Å². The third-order valence-corrected chi connectivity index (χ3v) is 5.20. The summed E-state index contributed by atoms with van der Waals surface area (Å²) in [6.07, 6.45) is 13.5. The molecule has 1 N–H and O–H groups in total. The largest absolute Gasteiger partial charge is 0.312 e. The van der Waals surface area contributed by atoms with E-state index in [1.807, 2.05) is 12.4 Å². The van der Waals surface area contributed by atoms with Crippen LogP contribution in [0.2, 0.25) is 0 Å². The van der Waals surface area contributed by atoms with Crippen molar-refractivity contribution in [1.82, 2.24) is 15.2 Å². The Labute approximate surface area is 129 Å². The van der Waals surface area contributed by atoms with Crippen molar-refractivity contribution in [2.24, 2.45) is 5.92 Å². The van der Waals surface area contributed by atoms with Crippen molar-refractivity contribution in [3.8, 4) is 0 Å². The van der Waals surface area contributed by atoms with E-state index in [2.05, 4.69) is 27.3 Å². The Hall–Kier alpha value is -0.930. The number of nitrogens with one attached hydrogen (secondary N) is 1. The summed E-state index contributed by atoms with van der Waals surface area (Å²) < 4.78 is 0. The van der Waals surface area contributed by atoms with E-state index in [9.17, 15) is 0 Å². The molecule has 1 aliphatic carbocycles. The van der Waals surface area contributed by atoms with Gasteiger partial charge in [0.25, 0.3) is 0 Å². The van der Waals surface area contributed by atoms with Crippen LogP contribution in [0.4, 0.5) is 0 Å². The number of nitrogens with zero attached hydrogens (tertiary/aromatic N) is 2. The van der Waals surface area contributed by atoms with Gasteiger partial charge in [-0.1, -0.05) is 19.3 Å². The number of aromatic nitrogens is 1. The zero-order chi connectivity index (χ0) is 14.3. The highest BCUT2D eigenvalue weighted by Gasteiger charge is 2.26.